The van der Waals surface area contributed by atoms with Crippen LogP contribution in [0.15, 0.2) is 11.0 Å². The summed E-state index contributed by atoms with van der Waals surface area (Å²) in [5.41, 5.74) is -0.869. The molecule has 1 aromatic heterocycles. The molecule has 0 fully saturated rings. The third-order valence-electron chi connectivity index (χ3n) is 1.66. The Bertz CT molecular complexity index is 490. The molecule has 8 heteroatoms. The maximum atomic E-state index is 12.5. The summed E-state index contributed by atoms with van der Waals surface area (Å²) in [6.45, 7) is 1.24. The third-order valence-corrected chi connectivity index (χ3v) is 3.22. The third kappa shape index (κ3) is 2.76. The van der Waals surface area contributed by atoms with Gasteiger partial charge in [0.05, 0.1) is 10.5 Å². The number of alkyl halides is 2. The van der Waals surface area contributed by atoms with Gasteiger partial charge in [-0.1, -0.05) is 11.6 Å². The molecule has 1 heterocycles. The highest BCUT2D eigenvalue weighted by molar-refractivity contribution is 8.13. The Labute approximate surface area is 94.4 Å². The molecule has 84 valence electrons. The van der Waals surface area contributed by atoms with E-state index in [2.05, 4.69) is 4.98 Å². The van der Waals surface area contributed by atoms with Crippen molar-refractivity contribution in [1.82, 2.24) is 4.98 Å². The van der Waals surface area contributed by atoms with Crippen molar-refractivity contribution in [3.05, 3.63) is 22.5 Å². The molecule has 0 bridgehead atoms. The van der Waals surface area contributed by atoms with Crippen molar-refractivity contribution in [2.45, 2.75) is 18.2 Å². The summed E-state index contributed by atoms with van der Waals surface area (Å²) in [4.78, 5) is 2.83. The van der Waals surface area contributed by atoms with Crippen molar-refractivity contribution in [2.75, 3.05) is 0 Å². The topological polar surface area (TPSA) is 47.0 Å². The lowest BCUT2D eigenvalue weighted by Gasteiger charge is -2.08. The number of rotatable bonds is 2. The Balaban J connectivity index is 3.62. The second-order valence-corrected chi connectivity index (χ2v) is 5.60. The molecule has 15 heavy (non-hydrogen) atoms. The second kappa shape index (κ2) is 4.19. The van der Waals surface area contributed by atoms with E-state index < -0.39 is 25.9 Å². The molecule has 0 aliphatic heterocycles. The summed E-state index contributed by atoms with van der Waals surface area (Å²) in [7, 11) is 0.748. The molecule has 0 radical (unpaired) electrons. The van der Waals surface area contributed by atoms with E-state index in [1.807, 2.05) is 0 Å². The fourth-order valence-corrected chi connectivity index (χ4v) is 2.52. The molecule has 3 nitrogen and oxygen atoms in total. The number of aryl methyl sites for hydroxylation is 1. The molecule has 0 spiro atoms. The van der Waals surface area contributed by atoms with Crippen molar-refractivity contribution in [3.63, 3.8) is 0 Å². The van der Waals surface area contributed by atoms with E-state index in [0.29, 0.717) is 0 Å². The monoisotopic (exact) mass is 275 g/mol. The van der Waals surface area contributed by atoms with E-state index in [0.717, 1.165) is 6.07 Å². The quantitative estimate of drug-likeness (QED) is 0.616. The van der Waals surface area contributed by atoms with Crippen LogP contribution in [-0.4, -0.2) is 13.4 Å². The predicted octanol–water partition coefficient (Wildman–Crippen LogP) is 2.91. The Morgan fingerprint density at radius 3 is 2.40 bits per heavy atom. The van der Waals surface area contributed by atoms with Crippen LogP contribution >= 0.6 is 22.3 Å². The minimum atomic E-state index is -4.26. The summed E-state index contributed by atoms with van der Waals surface area (Å²) in [6, 6.07) is 0.804. The normalized spacial score (nSPS) is 12.1. The highest BCUT2D eigenvalue weighted by Gasteiger charge is 2.25. The number of aromatic nitrogens is 1. The zero-order valence-electron chi connectivity index (χ0n) is 7.34. The average molecular weight is 276 g/mol. The maximum Gasteiger partial charge on any atom is 0.266 e. The lowest BCUT2D eigenvalue weighted by Crippen LogP contribution is -2.03. The van der Waals surface area contributed by atoms with Crippen molar-refractivity contribution in [3.8, 4) is 0 Å². The summed E-state index contributed by atoms with van der Waals surface area (Å²) in [6.07, 6.45) is -2.97. The first kappa shape index (κ1) is 12.6. The van der Waals surface area contributed by atoms with Crippen LogP contribution in [0.2, 0.25) is 5.15 Å². The van der Waals surface area contributed by atoms with Crippen LogP contribution in [0.25, 0.3) is 0 Å². The van der Waals surface area contributed by atoms with Crippen LogP contribution in [0, 0.1) is 6.92 Å². The van der Waals surface area contributed by atoms with E-state index in [-0.39, 0.29) is 10.8 Å². The van der Waals surface area contributed by atoms with E-state index in [4.69, 9.17) is 22.3 Å². The van der Waals surface area contributed by atoms with Gasteiger partial charge in [0.25, 0.3) is 15.5 Å². The predicted molar refractivity (Wildman–Crippen MR) is 52.0 cm³/mol. The van der Waals surface area contributed by atoms with Gasteiger partial charge in [0.15, 0.2) is 0 Å². The molecule has 0 saturated carbocycles. The Morgan fingerprint density at radius 1 is 1.47 bits per heavy atom. The SMILES string of the molecule is Cc1nc(Cl)cc(S(=O)(=O)Cl)c1C(F)F. The first-order valence-corrected chi connectivity index (χ1v) is 6.32. The smallest absolute Gasteiger partial charge is 0.241 e. The first-order valence-electron chi connectivity index (χ1n) is 3.63. The molecular weight excluding hydrogens is 271 g/mol. The highest BCUT2D eigenvalue weighted by atomic mass is 35.7. The van der Waals surface area contributed by atoms with Gasteiger partial charge in [-0.15, -0.1) is 0 Å². The zero-order chi connectivity index (χ0) is 11.8. The Morgan fingerprint density at radius 2 is 2.00 bits per heavy atom. The summed E-state index contributed by atoms with van der Waals surface area (Å²) < 4.78 is 47.1. The minimum Gasteiger partial charge on any atom is -0.241 e. The molecular formula is C7H5Cl2F2NO2S. The summed E-state index contributed by atoms with van der Waals surface area (Å²) in [5.74, 6) is 0. The van der Waals surface area contributed by atoms with Gasteiger partial charge >= 0.3 is 0 Å². The number of pyridine rings is 1. The molecule has 0 saturated heterocycles. The van der Waals surface area contributed by atoms with E-state index in [1.54, 1.807) is 0 Å². The molecule has 0 aliphatic rings. The van der Waals surface area contributed by atoms with Crippen molar-refractivity contribution >= 4 is 31.3 Å². The van der Waals surface area contributed by atoms with Gasteiger partial charge < -0.3 is 0 Å². The summed E-state index contributed by atoms with van der Waals surface area (Å²) >= 11 is 5.45. The first-order chi connectivity index (χ1) is 6.73. The van der Waals surface area contributed by atoms with Gasteiger partial charge in [-0.25, -0.2) is 22.2 Å². The number of hydrogen-bond acceptors (Lipinski definition) is 3. The molecule has 1 rings (SSSR count). The lowest BCUT2D eigenvalue weighted by molar-refractivity contribution is 0.146. The number of halogens is 4. The number of nitrogens with zero attached hydrogens (tertiary/aromatic N) is 1. The Kier molecular flexibility index (Phi) is 3.52. The molecule has 0 aliphatic carbocycles. The molecule has 0 N–H and O–H groups in total. The van der Waals surface area contributed by atoms with Crippen LogP contribution < -0.4 is 0 Å². The van der Waals surface area contributed by atoms with Crippen molar-refractivity contribution in [2.24, 2.45) is 0 Å². The minimum absolute atomic E-state index is 0.156. The molecule has 0 aromatic carbocycles. The van der Waals surface area contributed by atoms with Crippen LogP contribution in [0.4, 0.5) is 8.78 Å². The van der Waals surface area contributed by atoms with Crippen LogP contribution in [-0.2, 0) is 9.05 Å². The van der Waals surface area contributed by atoms with Gasteiger partial charge in [0.2, 0.25) is 0 Å². The van der Waals surface area contributed by atoms with Gasteiger partial charge in [-0.3, -0.25) is 0 Å². The van der Waals surface area contributed by atoms with Gasteiger partial charge in [0.1, 0.15) is 5.15 Å². The van der Waals surface area contributed by atoms with Crippen LogP contribution in [0.5, 0.6) is 0 Å². The molecule has 0 atom stereocenters. The van der Waals surface area contributed by atoms with Crippen molar-refractivity contribution < 1.29 is 17.2 Å². The average Bonchev–Trinajstić information content (AvgIpc) is 1.99. The molecule has 0 amide bonds. The van der Waals surface area contributed by atoms with E-state index in [1.165, 1.54) is 6.92 Å². The standard InChI is InChI=1S/C7H5Cl2F2NO2S/c1-3-6(7(10)11)4(15(9,13)14)2-5(8)12-3/h2,7H,1H3. The fraction of sp³-hybridized carbons (Fsp3) is 0.286. The number of hydrogen-bond donors (Lipinski definition) is 0. The van der Waals surface area contributed by atoms with E-state index >= 15 is 0 Å². The van der Waals surface area contributed by atoms with Gasteiger partial charge in [-0.2, -0.15) is 0 Å². The maximum absolute atomic E-state index is 12.5. The lowest BCUT2D eigenvalue weighted by atomic mass is 10.2. The zero-order valence-corrected chi connectivity index (χ0v) is 9.67. The molecule has 0 unspecified atom stereocenters. The van der Waals surface area contributed by atoms with Crippen molar-refractivity contribution in [1.29, 1.82) is 0 Å². The van der Waals surface area contributed by atoms with Crippen LogP contribution in [0.1, 0.15) is 17.7 Å². The second-order valence-electron chi connectivity index (χ2n) is 2.68. The highest BCUT2D eigenvalue weighted by Crippen LogP contribution is 2.32. The van der Waals surface area contributed by atoms with Gasteiger partial charge in [0, 0.05) is 16.4 Å². The van der Waals surface area contributed by atoms with E-state index in [9.17, 15) is 17.2 Å². The van der Waals surface area contributed by atoms with Gasteiger partial charge in [-0.05, 0) is 13.0 Å². The van der Waals surface area contributed by atoms with Crippen LogP contribution in [0.3, 0.4) is 0 Å². The fourth-order valence-electron chi connectivity index (χ4n) is 1.08. The summed E-state index contributed by atoms with van der Waals surface area (Å²) in [5, 5.41) is -0.198. The Hall–Kier alpha value is -0.460. The molecule has 1 aromatic rings. The largest absolute Gasteiger partial charge is 0.266 e.